The highest BCUT2D eigenvalue weighted by molar-refractivity contribution is 5.69. The number of amides is 1. The third kappa shape index (κ3) is 5.12. The van der Waals surface area contributed by atoms with E-state index in [9.17, 15) is 4.79 Å². The lowest BCUT2D eigenvalue weighted by atomic mass is 10.0. The van der Waals surface area contributed by atoms with Crippen molar-refractivity contribution in [1.82, 2.24) is 15.0 Å². The van der Waals surface area contributed by atoms with E-state index in [-0.39, 0.29) is 12.1 Å². The molecule has 1 aliphatic rings. The summed E-state index contributed by atoms with van der Waals surface area (Å²) in [5.41, 5.74) is 1.74. The van der Waals surface area contributed by atoms with Gasteiger partial charge >= 0.3 is 6.09 Å². The molecule has 0 aliphatic carbocycles. The van der Waals surface area contributed by atoms with Gasteiger partial charge in [0.25, 0.3) is 0 Å². The van der Waals surface area contributed by atoms with Gasteiger partial charge in [0.2, 0.25) is 11.7 Å². The standard InChI is InChI=1S/C22H31N3O3/c1-5-6-7-8-9-16-10-12-17(13-11-16)19-23-20(28-24-19)18-14-15-25(18)21(26)27-22(2,3)4/h10-13,18H,5-9,14-15H2,1-4H3. The lowest BCUT2D eigenvalue weighted by Gasteiger charge is -2.39. The SMILES string of the molecule is CCCCCCc1ccc(-c2noc(C3CCN3C(=O)OC(C)(C)C)n2)cc1. The molecule has 6 heteroatoms. The summed E-state index contributed by atoms with van der Waals surface area (Å²) in [4.78, 5) is 18.4. The Kier molecular flexibility index (Phi) is 6.37. The van der Waals surface area contributed by atoms with Crippen molar-refractivity contribution in [2.45, 2.75) is 77.9 Å². The Labute approximate surface area is 167 Å². The average molecular weight is 386 g/mol. The van der Waals surface area contributed by atoms with Gasteiger partial charge in [-0.25, -0.2) is 4.79 Å². The molecule has 1 amide bonds. The molecule has 1 fully saturated rings. The van der Waals surface area contributed by atoms with Crippen LogP contribution < -0.4 is 0 Å². The van der Waals surface area contributed by atoms with E-state index in [1.165, 1.54) is 31.2 Å². The number of aromatic nitrogens is 2. The summed E-state index contributed by atoms with van der Waals surface area (Å²) < 4.78 is 10.9. The number of carbonyl (C=O) groups excluding carboxylic acids is 1. The molecule has 1 aromatic heterocycles. The van der Waals surface area contributed by atoms with Gasteiger partial charge in [-0.05, 0) is 45.6 Å². The molecule has 0 N–H and O–H groups in total. The minimum atomic E-state index is -0.518. The maximum Gasteiger partial charge on any atom is 0.410 e. The van der Waals surface area contributed by atoms with Gasteiger partial charge in [-0.3, -0.25) is 4.90 Å². The molecule has 1 atom stereocenters. The van der Waals surface area contributed by atoms with E-state index in [1.807, 2.05) is 32.9 Å². The summed E-state index contributed by atoms with van der Waals surface area (Å²) in [5, 5.41) is 4.11. The molecule has 1 aliphatic heterocycles. The molecule has 0 bridgehead atoms. The van der Waals surface area contributed by atoms with Gasteiger partial charge in [0, 0.05) is 12.1 Å². The lowest BCUT2D eigenvalue weighted by Crippen LogP contribution is -2.47. The molecule has 2 heterocycles. The van der Waals surface area contributed by atoms with Crippen LogP contribution in [-0.2, 0) is 11.2 Å². The average Bonchev–Trinajstić information content (AvgIpc) is 3.06. The van der Waals surface area contributed by atoms with Crippen LogP contribution in [0.2, 0.25) is 0 Å². The van der Waals surface area contributed by atoms with E-state index < -0.39 is 5.60 Å². The number of aryl methyl sites for hydroxylation is 1. The van der Waals surface area contributed by atoms with Crippen LogP contribution in [0.3, 0.4) is 0 Å². The second-order valence-electron chi connectivity index (χ2n) is 8.44. The van der Waals surface area contributed by atoms with E-state index in [1.54, 1.807) is 4.90 Å². The number of hydrogen-bond donors (Lipinski definition) is 0. The number of benzene rings is 1. The summed E-state index contributed by atoms with van der Waals surface area (Å²) in [7, 11) is 0. The van der Waals surface area contributed by atoms with Gasteiger partial charge in [-0.1, -0.05) is 55.6 Å². The van der Waals surface area contributed by atoms with Gasteiger partial charge in [-0.15, -0.1) is 0 Å². The molecule has 1 unspecified atom stereocenters. The van der Waals surface area contributed by atoms with Crippen molar-refractivity contribution >= 4 is 6.09 Å². The van der Waals surface area contributed by atoms with E-state index in [0.29, 0.717) is 18.3 Å². The summed E-state index contributed by atoms with van der Waals surface area (Å²) >= 11 is 0. The zero-order valence-electron chi connectivity index (χ0n) is 17.4. The van der Waals surface area contributed by atoms with Crippen molar-refractivity contribution in [1.29, 1.82) is 0 Å². The third-order valence-electron chi connectivity index (χ3n) is 4.91. The van der Waals surface area contributed by atoms with E-state index in [2.05, 4.69) is 29.2 Å². The molecule has 152 valence electrons. The predicted molar refractivity (Wildman–Crippen MR) is 108 cm³/mol. The monoisotopic (exact) mass is 385 g/mol. The number of hydrogen-bond acceptors (Lipinski definition) is 5. The van der Waals surface area contributed by atoms with Crippen molar-refractivity contribution in [2.24, 2.45) is 0 Å². The Morgan fingerprint density at radius 3 is 2.57 bits per heavy atom. The van der Waals surface area contributed by atoms with Crippen molar-refractivity contribution in [2.75, 3.05) is 6.54 Å². The highest BCUT2D eigenvalue weighted by Gasteiger charge is 2.39. The van der Waals surface area contributed by atoms with Crippen LogP contribution >= 0.6 is 0 Å². The molecule has 0 spiro atoms. The van der Waals surface area contributed by atoms with Gasteiger partial charge in [0.05, 0.1) is 0 Å². The molecule has 3 rings (SSSR count). The van der Waals surface area contributed by atoms with Gasteiger partial charge < -0.3 is 9.26 Å². The summed E-state index contributed by atoms with van der Waals surface area (Å²) in [6, 6.07) is 8.14. The number of nitrogens with zero attached hydrogens (tertiary/aromatic N) is 3. The first kappa shape index (κ1) is 20.4. The summed E-state index contributed by atoms with van der Waals surface area (Å²) in [6.07, 6.45) is 6.62. The van der Waals surface area contributed by atoms with Gasteiger partial charge in [-0.2, -0.15) is 4.98 Å². The zero-order chi connectivity index (χ0) is 20.1. The van der Waals surface area contributed by atoms with Crippen LogP contribution in [-0.4, -0.2) is 33.3 Å². The van der Waals surface area contributed by atoms with Crippen LogP contribution in [0.25, 0.3) is 11.4 Å². The fraction of sp³-hybridized carbons (Fsp3) is 0.591. The number of ether oxygens (including phenoxy) is 1. The maximum absolute atomic E-state index is 12.3. The van der Waals surface area contributed by atoms with E-state index in [0.717, 1.165) is 18.4 Å². The lowest BCUT2D eigenvalue weighted by molar-refractivity contribution is -0.0119. The predicted octanol–water partition coefficient (Wildman–Crippen LogP) is 5.54. The summed E-state index contributed by atoms with van der Waals surface area (Å²) in [6.45, 7) is 8.45. The second kappa shape index (κ2) is 8.76. The van der Waals surface area contributed by atoms with Crippen LogP contribution in [0.1, 0.15) is 77.3 Å². The second-order valence-corrected chi connectivity index (χ2v) is 8.44. The zero-order valence-corrected chi connectivity index (χ0v) is 17.4. The quantitative estimate of drug-likeness (QED) is 0.585. The minimum Gasteiger partial charge on any atom is -0.444 e. The first-order valence-corrected chi connectivity index (χ1v) is 10.3. The molecule has 1 saturated heterocycles. The molecule has 6 nitrogen and oxygen atoms in total. The van der Waals surface area contributed by atoms with E-state index >= 15 is 0 Å². The first-order chi connectivity index (χ1) is 13.4. The normalized spacial score (nSPS) is 16.7. The van der Waals surface area contributed by atoms with Crippen LogP contribution in [0.15, 0.2) is 28.8 Å². The maximum atomic E-state index is 12.3. The molecule has 0 radical (unpaired) electrons. The smallest absolute Gasteiger partial charge is 0.410 e. The molecular weight excluding hydrogens is 354 g/mol. The minimum absolute atomic E-state index is 0.200. The van der Waals surface area contributed by atoms with Crippen molar-refractivity contribution in [3.05, 3.63) is 35.7 Å². The van der Waals surface area contributed by atoms with Crippen molar-refractivity contribution in [3.8, 4) is 11.4 Å². The van der Waals surface area contributed by atoms with E-state index in [4.69, 9.17) is 9.26 Å². The number of unbranched alkanes of at least 4 members (excludes halogenated alkanes) is 3. The van der Waals surface area contributed by atoms with Crippen molar-refractivity contribution < 1.29 is 14.1 Å². The van der Waals surface area contributed by atoms with Crippen LogP contribution in [0.4, 0.5) is 4.79 Å². The van der Waals surface area contributed by atoms with Crippen molar-refractivity contribution in [3.63, 3.8) is 0 Å². The molecular formula is C22H31N3O3. The molecule has 28 heavy (non-hydrogen) atoms. The topological polar surface area (TPSA) is 68.5 Å². The number of rotatable bonds is 7. The third-order valence-corrected chi connectivity index (χ3v) is 4.91. The van der Waals surface area contributed by atoms with Crippen LogP contribution in [0.5, 0.6) is 0 Å². The fourth-order valence-electron chi connectivity index (χ4n) is 3.25. The Morgan fingerprint density at radius 1 is 1.21 bits per heavy atom. The van der Waals surface area contributed by atoms with Crippen LogP contribution in [0, 0.1) is 0 Å². The Morgan fingerprint density at radius 2 is 1.96 bits per heavy atom. The fourth-order valence-corrected chi connectivity index (χ4v) is 3.25. The Bertz CT molecular complexity index is 777. The molecule has 1 aromatic carbocycles. The first-order valence-electron chi connectivity index (χ1n) is 10.3. The molecule has 2 aromatic rings. The molecule has 0 saturated carbocycles. The number of carbonyl (C=O) groups is 1. The highest BCUT2D eigenvalue weighted by atomic mass is 16.6. The number of likely N-dealkylation sites (tertiary alicyclic amines) is 1. The highest BCUT2D eigenvalue weighted by Crippen LogP contribution is 2.34. The van der Waals surface area contributed by atoms with Gasteiger partial charge in [0.15, 0.2) is 0 Å². The van der Waals surface area contributed by atoms with Gasteiger partial charge in [0.1, 0.15) is 11.6 Å². The Hall–Kier alpha value is -2.37. The largest absolute Gasteiger partial charge is 0.444 e. The summed E-state index contributed by atoms with van der Waals surface area (Å²) in [5.74, 6) is 1.03. The Balaban J connectivity index is 1.60.